The average Bonchev–Trinajstić information content (AvgIpc) is 1.57. The lowest BCUT2D eigenvalue weighted by atomic mass is 9.68. The second-order valence-corrected chi connectivity index (χ2v) is 39.7. The van der Waals surface area contributed by atoms with Gasteiger partial charge in [0.15, 0.2) is 0 Å². The number of fused-ring (bicyclic) bond motifs is 6. The molecule has 2 aromatic rings. The summed E-state index contributed by atoms with van der Waals surface area (Å²) >= 11 is 0. The third kappa shape index (κ3) is 19.1. The van der Waals surface area contributed by atoms with Crippen LogP contribution in [-0.2, 0) is 0 Å². The summed E-state index contributed by atoms with van der Waals surface area (Å²) in [5.74, 6) is 4.13. The fraction of sp³-hybridized carbons (Fsp3) is 0.702. The van der Waals surface area contributed by atoms with Crippen LogP contribution < -0.4 is 0 Å². The van der Waals surface area contributed by atoms with Crippen LogP contribution in [0.5, 0.6) is 0 Å². The van der Waals surface area contributed by atoms with E-state index in [9.17, 15) is 0 Å². The Kier molecular flexibility index (Phi) is 27.0. The number of rotatable bonds is 20. The molecular weight excluding hydrogens is 1190 g/mol. The van der Waals surface area contributed by atoms with Gasteiger partial charge in [-0.2, -0.15) is 0 Å². The summed E-state index contributed by atoms with van der Waals surface area (Å²) in [7, 11) is 0. The van der Waals surface area contributed by atoms with Gasteiger partial charge in [0, 0.05) is 73.0 Å². The highest BCUT2D eigenvalue weighted by Crippen LogP contribution is 2.69. The van der Waals surface area contributed by atoms with Gasteiger partial charge < -0.3 is 0 Å². The Morgan fingerprint density at radius 2 is 0.816 bits per heavy atom. The van der Waals surface area contributed by atoms with Crippen LogP contribution in [-0.4, -0.2) is 92.6 Å². The Morgan fingerprint density at radius 3 is 1.13 bits per heavy atom. The van der Waals surface area contributed by atoms with Gasteiger partial charge in [-0.3, -0.25) is 19.6 Å². The molecule has 0 heterocycles. The molecule has 0 N–H and O–H groups in total. The summed E-state index contributed by atoms with van der Waals surface area (Å²) in [6.07, 6.45) is 41.5. The maximum atomic E-state index is 4.18. The van der Waals surface area contributed by atoms with E-state index < -0.39 is 0 Å². The van der Waals surface area contributed by atoms with Crippen molar-refractivity contribution < 1.29 is 0 Å². The lowest BCUT2D eigenvalue weighted by molar-refractivity contribution is -0.00292. The second kappa shape index (κ2) is 32.5. The molecule has 548 valence electrons. The van der Waals surface area contributed by atoms with Gasteiger partial charge in [-0.25, -0.2) is 0 Å². The standard InChI is InChI=1S/C24H41N.C24H43N.C23H35N.C23H33N/c1-17(2)19-11-9-18(10-12-19)16-25(22(3,4)5)21-15-20-13-14-24(21,8)23(20,6)7;1-18(2)11-10-12-19(3)14-16-25(22(4,5)6)21-17-20-13-15-24(21,9)23(20,7)8;1-21(2,3)24(16-10-13-18-11-8-7-9-12-18)20-17-19-14-15-23(20,6)22(19,4)5;1-19(2)22-15-13-21(14-16-22)18-24(23(3,4)5)17-9-12-20-10-7-6-8-11-20/h9,19-21H,1,10-16H2,2-8H3;11,14,20-21H,10,12-13,15-17H2,1-9H3;7-13,19-20H,14-17H2,1-6H3;6-13,22H,1,14-18H2,2-5H3/b;19-14+;13-10+;12-9+. The van der Waals surface area contributed by atoms with Crippen molar-refractivity contribution in [1.82, 2.24) is 19.6 Å². The minimum absolute atomic E-state index is 0.174. The zero-order valence-corrected chi connectivity index (χ0v) is 68.8. The zero-order chi connectivity index (χ0) is 72.8. The monoisotopic (exact) mass is 1340 g/mol. The first kappa shape index (κ1) is 81.5. The van der Waals surface area contributed by atoms with Crippen molar-refractivity contribution in [3.8, 4) is 0 Å². The van der Waals surface area contributed by atoms with E-state index in [1.807, 2.05) is 0 Å². The highest BCUT2D eigenvalue weighted by atomic mass is 15.3. The van der Waals surface area contributed by atoms with Gasteiger partial charge in [-0.15, -0.1) is 0 Å². The van der Waals surface area contributed by atoms with Gasteiger partial charge in [0.2, 0.25) is 0 Å². The quantitative estimate of drug-likeness (QED) is 0.123. The minimum Gasteiger partial charge on any atom is -0.291 e. The second-order valence-electron chi connectivity index (χ2n) is 39.7. The highest BCUT2D eigenvalue weighted by Gasteiger charge is 2.66. The summed E-state index contributed by atoms with van der Waals surface area (Å²) in [5.41, 5.74) is 15.2. The lowest BCUT2D eigenvalue weighted by Crippen LogP contribution is -2.55. The van der Waals surface area contributed by atoms with Gasteiger partial charge in [-0.1, -0.05) is 218 Å². The Morgan fingerprint density at radius 1 is 0.449 bits per heavy atom. The smallest absolute Gasteiger partial charge is 0.0201 e. The third-order valence-electron chi connectivity index (χ3n) is 28.7. The molecule has 0 aromatic heterocycles. The molecule has 0 amide bonds. The van der Waals surface area contributed by atoms with Crippen molar-refractivity contribution in [2.24, 2.45) is 62.1 Å². The lowest BCUT2D eigenvalue weighted by Gasteiger charge is -2.50. The van der Waals surface area contributed by atoms with E-state index in [0.29, 0.717) is 50.4 Å². The fourth-order valence-electron chi connectivity index (χ4n) is 20.1. The van der Waals surface area contributed by atoms with E-state index in [0.717, 1.165) is 56.0 Å². The van der Waals surface area contributed by atoms with Crippen molar-refractivity contribution in [3.05, 3.63) is 155 Å². The average molecular weight is 1340 g/mol. The summed E-state index contributed by atoms with van der Waals surface area (Å²) in [6, 6.07) is 23.4. The van der Waals surface area contributed by atoms with Crippen LogP contribution in [0, 0.1) is 62.1 Å². The van der Waals surface area contributed by atoms with Crippen LogP contribution >= 0.6 is 0 Å². The summed E-state index contributed by atoms with van der Waals surface area (Å²) in [4.78, 5) is 11.0. The predicted octanol–water partition coefficient (Wildman–Crippen LogP) is 25.7. The zero-order valence-electron chi connectivity index (χ0n) is 68.8. The molecule has 4 heteroatoms. The Balaban J connectivity index is 0.000000184. The maximum Gasteiger partial charge on any atom is 0.0201 e. The van der Waals surface area contributed by atoms with E-state index in [1.54, 1.807) is 16.7 Å². The number of benzene rings is 2. The summed E-state index contributed by atoms with van der Waals surface area (Å²) in [5, 5.41) is 0. The predicted molar refractivity (Wildman–Crippen MR) is 434 cm³/mol. The van der Waals surface area contributed by atoms with E-state index in [4.69, 9.17) is 0 Å². The molecule has 6 fully saturated rings. The van der Waals surface area contributed by atoms with E-state index in [1.165, 1.54) is 144 Å². The van der Waals surface area contributed by atoms with Crippen molar-refractivity contribution >= 4 is 12.2 Å². The number of hydrogen-bond donors (Lipinski definition) is 0. The van der Waals surface area contributed by atoms with Gasteiger partial charge >= 0.3 is 0 Å². The third-order valence-corrected chi connectivity index (χ3v) is 28.7. The minimum atomic E-state index is 0.174. The molecule has 6 saturated carbocycles. The summed E-state index contributed by atoms with van der Waals surface area (Å²) in [6.45, 7) is 76.2. The van der Waals surface area contributed by atoms with Crippen molar-refractivity contribution in [2.45, 2.75) is 329 Å². The van der Waals surface area contributed by atoms with Gasteiger partial charge in [0.25, 0.3) is 0 Å². The largest absolute Gasteiger partial charge is 0.291 e. The molecule has 6 bridgehead atoms. The molecule has 98 heavy (non-hydrogen) atoms. The van der Waals surface area contributed by atoms with E-state index >= 15 is 0 Å². The number of nitrogens with zero attached hydrogens (tertiary/aromatic N) is 4. The Hall–Kier alpha value is -3.80. The molecule has 11 unspecified atom stereocenters. The first-order chi connectivity index (χ1) is 45.4. The molecule has 4 nitrogen and oxygen atoms in total. The fourth-order valence-corrected chi connectivity index (χ4v) is 20.1. The van der Waals surface area contributed by atoms with Crippen LogP contribution in [0.25, 0.3) is 12.2 Å². The number of allylic oxidation sites excluding steroid dienone is 7. The summed E-state index contributed by atoms with van der Waals surface area (Å²) < 4.78 is 0. The van der Waals surface area contributed by atoms with Crippen LogP contribution in [0.1, 0.15) is 300 Å². The molecule has 0 spiro atoms. The van der Waals surface area contributed by atoms with E-state index in [2.05, 4.69) is 322 Å². The Bertz CT molecular complexity index is 3100. The first-order valence-electron chi connectivity index (χ1n) is 39.8. The van der Waals surface area contributed by atoms with Crippen LogP contribution in [0.3, 0.4) is 0 Å². The molecule has 10 rings (SSSR count). The van der Waals surface area contributed by atoms with Gasteiger partial charge in [0.1, 0.15) is 0 Å². The van der Waals surface area contributed by atoms with Crippen molar-refractivity contribution in [1.29, 1.82) is 0 Å². The topological polar surface area (TPSA) is 13.0 Å². The van der Waals surface area contributed by atoms with Crippen LogP contribution in [0.4, 0.5) is 0 Å². The van der Waals surface area contributed by atoms with Crippen LogP contribution in [0.15, 0.2) is 144 Å². The normalized spacial score (nSPS) is 30.1. The van der Waals surface area contributed by atoms with Crippen molar-refractivity contribution in [3.63, 3.8) is 0 Å². The van der Waals surface area contributed by atoms with Crippen molar-refractivity contribution in [2.75, 3.05) is 32.7 Å². The molecule has 8 aliphatic carbocycles. The molecule has 8 aliphatic rings. The molecular formula is C94H152N4. The molecule has 0 aliphatic heterocycles. The van der Waals surface area contributed by atoms with E-state index in [-0.39, 0.29) is 22.2 Å². The molecule has 0 saturated heterocycles. The first-order valence-corrected chi connectivity index (χ1v) is 39.8. The highest BCUT2D eigenvalue weighted by molar-refractivity contribution is 5.49. The Labute approximate surface area is 607 Å². The van der Waals surface area contributed by atoms with Crippen LogP contribution in [0.2, 0.25) is 0 Å². The number of hydrogen-bond acceptors (Lipinski definition) is 4. The van der Waals surface area contributed by atoms with Gasteiger partial charge in [-0.05, 0) is 300 Å². The maximum absolute atomic E-state index is 4.18. The molecule has 11 atom stereocenters. The molecule has 2 aromatic carbocycles. The van der Waals surface area contributed by atoms with Gasteiger partial charge in [0.05, 0.1) is 0 Å². The SMILES string of the molecule is C=C(C)C1CC=C(CN(C/C=C/c2ccccc2)C(C)(C)C)CC1.C=C(C)C1CC=C(CN(C2CC3CCC2(C)C3(C)C)C(C)(C)C)CC1.CC(C)(C)N(C/C=C/c1ccccc1)C1CC2CCC1(C)C2(C)C.CC(C)=CCC/C(C)=C/CN(C1CC2CCC1(C)C2(C)C)C(C)(C)C. The molecule has 0 radical (unpaired) electrons.